The van der Waals surface area contributed by atoms with Crippen LogP contribution < -0.4 is 9.62 Å². The second-order valence-corrected chi connectivity index (χ2v) is 6.95. The van der Waals surface area contributed by atoms with Crippen molar-refractivity contribution in [1.82, 2.24) is 4.98 Å². The molecule has 2 aromatic rings. The van der Waals surface area contributed by atoms with Crippen molar-refractivity contribution in [3.05, 3.63) is 54.4 Å². The van der Waals surface area contributed by atoms with E-state index >= 15 is 0 Å². The molecule has 1 amide bonds. The number of anilines is 2. The molecule has 1 N–H and O–H groups in total. The highest BCUT2D eigenvalue weighted by atomic mass is 32.2. The summed E-state index contributed by atoms with van der Waals surface area (Å²) in [7, 11) is -3.58. The summed E-state index contributed by atoms with van der Waals surface area (Å²) in [6, 6.07) is 10.5. The first-order valence-electron chi connectivity index (χ1n) is 7.17. The molecular formula is C16H19N3O3S. The number of nitrogens with one attached hydrogen (secondary N) is 1. The molecule has 0 fully saturated rings. The van der Waals surface area contributed by atoms with Crippen LogP contribution in [0.2, 0.25) is 0 Å². The van der Waals surface area contributed by atoms with Gasteiger partial charge in [-0.2, -0.15) is 0 Å². The Morgan fingerprint density at radius 3 is 2.57 bits per heavy atom. The van der Waals surface area contributed by atoms with Gasteiger partial charge in [-0.05, 0) is 30.2 Å². The average Bonchev–Trinajstić information content (AvgIpc) is 2.52. The van der Waals surface area contributed by atoms with Gasteiger partial charge in [-0.25, -0.2) is 8.42 Å². The summed E-state index contributed by atoms with van der Waals surface area (Å²) in [5.74, 6) is -0.422. The molecule has 0 bridgehead atoms. The van der Waals surface area contributed by atoms with Crippen molar-refractivity contribution in [2.75, 3.05) is 22.4 Å². The van der Waals surface area contributed by atoms with Gasteiger partial charge < -0.3 is 5.32 Å². The fraction of sp³-hybridized carbons (Fsp3) is 0.250. The highest BCUT2D eigenvalue weighted by Gasteiger charge is 2.22. The first-order valence-corrected chi connectivity index (χ1v) is 9.02. The van der Waals surface area contributed by atoms with Crippen molar-refractivity contribution < 1.29 is 13.2 Å². The smallest absolute Gasteiger partial charge is 0.245 e. The number of sulfonamides is 1. The maximum atomic E-state index is 12.2. The van der Waals surface area contributed by atoms with Gasteiger partial charge in [0.05, 0.1) is 23.8 Å². The molecule has 0 saturated carbocycles. The number of nitrogens with zero attached hydrogens (tertiary/aromatic N) is 2. The summed E-state index contributed by atoms with van der Waals surface area (Å²) in [6.45, 7) is 1.65. The Balaban J connectivity index is 2.25. The van der Waals surface area contributed by atoms with E-state index in [2.05, 4.69) is 10.3 Å². The van der Waals surface area contributed by atoms with Crippen LogP contribution in [0.15, 0.2) is 48.8 Å². The third kappa shape index (κ3) is 4.53. The van der Waals surface area contributed by atoms with E-state index in [0.29, 0.717) is 17.8 Å². The lowest BCUT2D eigenvalue weighted by molar-refractivity contribution is -0.114. The predicted octanol–water partition coefficient (Wildman–Crippen LogP) is 2.05. The lowest BCUT2D eigenvalue weighted by Gasteiger charge is -2.24. The van der Waals surface area contributed by atoms with E-state index in [0.717, 1.165) is 16.1 Å². The highest BCUT2D eigenvalue weighted by Crippen LogP contribution is 2.23. The Morgan fingerprint density at radius 2 is 1.96 bits per heavy atom. The van der Waals surface area contributed by atoms with Crippen LogP contribution in [0.4, 0.5) is 11.4 Å². The number of amides is 1. The molecule has 122 valence electrons. The monoisotopic (exact) mass is 333 g/mol. The zero-order valence-corrected chi connectivity index (χ0v) is 13.9. The van der Waals surface area contributed by atoms with Gasteiger partial charge in [0.15, 0.2) is 0 Å². The van der Waals surface area contributed by atoms with Gasteiger partial charge in [0, 0.05) is 6.20 Å². The minimum Gasteiger partial charge on any atom is -0.323 e. The molecule has 2 rings (SSSR count). The van der Waals surface area contributed by atoms with Crippen LogP contribution in [0.25, 0.3) is 0 Å². The number of rotatable bonds is 6. The first-order chi connectivity index (χ1) is 10.9. The molecule has 0 atom stereocenters. The standard InChI is InChI=1S/C16H19N3O3S/c1-3-13-7-4-5-9-15(13)19(23(2,21)22)12-16(20)18-14-8-6-10-17-11-14/h4-11H,3,12H2,1-2H3,(H,18,20). The number of carbonyl (C=O) groups excluding carboxylic acids is 1. The number of hydrogen-bond acceptors (Lipinski definition) is 4. The third-order valence-corrected chi connectivity index (χ3v) is 4.40. The van der Waals surface area contributed by atoms with Gasteiger partial charge >= 0.3 is 0 Å². The Labute approximate surface area is 136 Å². The largest absolute Gasteiger partial charge is 0.323 e. The van der Waals surface area contributed by atoms with Crippen molar-refractivity contribution in [2.24, 2.45) is 0 Å². The number of hydrogen-bond donors (Lipinski definition) is 1. The first kappa shape index (κ1) is 17.0. The van der Waals surface area contributed by atoms with Gasteiger partial charge in [0.2, 0.25) is 15.9 Å². The lowest BCUT2D eigenvalue weighted by atomic mass is 10.1. The van der Waals surface area contributed by atoms with Crippen LogP contribution in [0.1, 0.15) is 12.5 Å². The SMILES string of the molecule is CCc1ccccc1N(CC(=O)Nc1cccnc1)S(C)(=O)=O. The molecule has 1 aromatic heterocycles. The summed E-state index contributed by atoms with van der Waals surface area (Å²) in [5.41, 5.74) is 1.92. The maximum Gasteiger partial charge on any atom is 0.245 e. The van der Waals surface area contributed by atoms with Crippen LogP contribution in [0.5, 0.6) is 0 Å². The number of benzene rings is 1. The van der Waals surface area contributed by atoms with Gasteiger partial charge in [-0.15, -0.1) is 0 Å². The molecule has 0 aliphatic carbocycles. The zero-order chi connectivity index (χ0) is 16.9. The zero-order valence-electron chi connectivity index (χ0n) is 13.1. The molecular weight excluding hydrogens is 314 g/mol. The summed E-state index contributed by atoms with van der Waals surface area (Å²) < 4.78 is 25.4. The number of para-hydroxylation sites is 1. The fourth-order valence-electron chi connectivity index (χ4n) is 2.20. The summed E-state index contributed by atoms with van der Waals surface area (Å²) >= 11 is 0. The molecule has 0 aliphatic rings. The van der Waals surface area contributed by atoms with Crippen molar-refractivity contribution in [3.63, 3.8) is 0 Å². The Morgan fingerprint density at radius 1 is 1.22 bits per heavy atom. The Kier molecular flexibility index (Phi) is 5.33. The molecule has 1 heterocycles. The van der Waals surface area contributed by atoms with Gasteiger partial charge in [0.25, 0.3) is 0 Å². The number of aromatic nitrogens is 1. The summed E-state index contributed by atoms with van der Waals surface area (Å²) in [4.78, 5) is 16.1. The topological polar surface area (TPSA) is 79.4 Å². The van der Waals surface area contributed by atoms with Crippen LogP contribution in [0.3, 0.4) is 0 Å². The molecule has 0 aliphatic heterocycles. The lowest BCUT2D eigenvalue weighted by Crippen LogP contribution is -2.38. The Bertz CT molecular complexity index is 776. The van der Waals surface area contributed by atoms with Crippen molar-refractivity contribution in [3.8, 4) is 0 Å². The molecule has 0 spiro atoms. The molecule has 6 nitrogen and oxygen atoms in total. The molecule has 7 heteroatoms. The quantitative estimate of drug-likeness (QED) is 0.877. The minimum absolute atomic E-state index is 0.287. The second-order valence-electron chi connectivity index (χ2n) is 5.04. The van der Waals surface area contributed by atoms with E-state index in [1.165, 1.54) is 6.20 Å². The molecule has 1 aromatic carbocycles. The van der Waals surface area contributed by atoms with Gasteiger partial charge in [-0.3, -0.25) is 14.1 Å². The van der Waals surface area contributed by atoms with Crippen LogP contribution in [-0.4, -0.2) is 32.1 Å². The van der Waals surface area contributed by atoms with E-state index in [4.69, 9.17) is 0 Å². The molecule has 0 unspecified atom stereocenters. The Hall–Kier alpha value is -2.41. The number of aryl methyl sites for hydroxylation is 1. The third-order valence-electron chi connectivity index (χ3n) is 3.27. The van der Waals surface area contributed by atoms with Crippen molar-refractivity contribution in [1.29, 1.82) is 0 Å². The van der Waals surface area contributed by atoms with E-state index < -0.39 is 15.9 Å². The number of pyridine rings is 1. The number of carbonyl (C=O) groups is 1. The van der Waals surface area contributed by atoms with E-state index in [9.17, 15) is 13.2 Å². The predicted molar refractivity (Wildman–Crippen MR) is 90.9 cm³/mol. The van der Waals surface area contributed by atoms with Gasteiger partial charge in [0.1, 0.15) is 6.54 Å². The van der Waals surface area contributed by atoms with Gasteiger partial charge in [-0.1, -0.05) is 25.1 Å². The van der Waals surface area contributed by atoms with Crippen molar-refractivity contribution >= 4 is 27.3 Å². The highest BCUT2D eigenvalue weighted by molar-refractivity contribution is 7.92. The fourth-order valence-corrected chi connectivity index (χ4v) is 3.09. The van der Waals surface area contributed by atoms with E-state index in [-0.39, 0.29) is 6.54 Å². The van der Waals surface area contributed by atoms with Crippen LogP contribution >= 0.6 is 0 Å². The van der Waals surface area contributed by atoms with E-state index in [1.807, 2.05) is 19.1 Å². The summed E-state index contributed by atoms with van der Waals surface area (Å²) in [6.07, 6.45) is 4.86. The normalized spacial score (nSPS) is 11.0. The molecule has 23 heavy (non-hydrogen) atoms. The van der Waals surface area contributed by atoms with E-state index in [1.54, 1.807) is 30.5 Å². The maximum absolute atomic E-state index is 12.2. The van der Waals surface area contributed by atoms with Crippen LogP contribution in [0, 0.1) is 0 Å². The summed E-state index contributed by atoms with van der Waals surface area (Å²) in [5, 5.41) is 2.64. The molecule has 0 radical (unpaired) electrons. The van der Waals surface area contributed by atoms with Crippen molar-refractivity contribution in [2.45, 2.75) is 13.3 Å². The average molecular weight is 333 g/mol. The van der Waals surface area contributed by atoms with Crippen LogP contribution in [-0.2, 0) is 21.2 Å². The second kappa shape index (κ2) is 7.23. The minimum atomic E-state index is -3.58. The molecule has 0 saturated heterocycles.